The van der Waals surface area contributed by atoms with Crippen LogP contribution in [0.15, 0.2) is 0 Å². The van der Waals surface area contributed by atoms with E-state index < -0.39 is 0 Å². The van der Waals surface area contributed by atoms with Crippen molar-refractivity contribution in [3.63, 3.8) is 0 Å². The molecule has 2 saturated carbocycles. The van der Waals surface area contributed by atoms with Crippen molar-refractivity contribution < 1.29 is 0 Å². The van der Waals surface area contributed by atoms with Crippen molar-refractivity contribution in [3.8, 4) is 0 Å². The zero-order chi connectivity index (χ0) is 9.80. The van der Waals surface area contributed by atoms with E-state index in [4.69, 9.17) is 0 Å². The van der Waals surface area contributed by atoms with Gasteiger partial charge in [-0.05, 0) is 38.5 Å². The van der Waals surface area contributed by atoms with Crippen molar-refractivity contribution in [2.45, 2.75) is 76.8 Å². The van der Waals surface area contributed by atoms with Crippen LogP contribution >= 0.6 is 0 Å². The first-order chi connectivity index (χ1) is 6.86. The van der Waals surface area contributed by atoms with Crippen molar-refractivity contribution in [3.05, 3.63) is 0 Å². The largest absolute Gasteiger partial charge is 0.311 e. The van der Waals surface area contributed by atoms with Gasteiger partial charge in [0, 0.05) is 12.1 Å². The second kappa shape index (κ2) is 5.16. The summed E-state index contributed by atoms with van der Waals surface area (Å²) in [5.41, 5.74) is 0. The highest BCUT2D eigenvalue weighted by atomic mass is 15.0. The van der Waals surface area contributed by atoms with E-state index in [2.05, 4.69) is 12.2 Å². The smallest absolute Gasteiger partial charge is 0.00696 e. The normalized spacial score (nSPS) is 28.1. The van der Waals surface area contributed by atoms with Gasteiger partial charge in [-0.2, -0.15) is 0 Å². The van der Waals surface area contributed by atoms with Crippen LogP contribution in [0.4, 0.5) is 0 Å². The average molecular weight is 195 g/mol. The van der Waals surface area contributed by atoms with Crippen LogP contribution in [0, 0.1) is 5.92 Å². The summed E-state index contributed by atoms with van der Waals surface area (Å²) in [7, 11) is 0. The Hall–Kier alpha value is -0.0400. The van der Waals surface area contributed by atoms with E-state index in [1.807, 2.05) is 0 Å². The Morgan fingerprint density at radius 2 is 1.43 bits per heavy atom. The zero-order valence-corrected chi connectivity index (χ0v) is 9.60. The van der Waals surface area contributed by atoms with Gasteiger partial charge in [0.1, 0.15) is 0 Å². The van der Waals surface area contributed by atoms with Crippen molar-refractivity contribution in [2.75, 3.05) is 0 Å². The molecule has 1 heteroatoms. The molecule has 0 aromatic rings. The molecule has 0 aliphatic heterocycles. The van der Waals surface area contributed by atoms with Gasteiger partial charge in [0.15, 0.2) is 0 Å². The third kappa shape index (κ3) is 2.73. The van der Waals surface area contributed by atoms with E-state index in [-0.39, 0.29) is 0 Å². The lowest BCUT2D eigenvalue weighted by Gasteiger charge is -2.29. The van der Waals surface area contributed by atoms with Gasteiger partial charge in [-0.25, -0.2) is 0 Å². The van der Waals surface area contributed by atoms with E-state index in [1.54, 1.807) is 0 Å². The Bertz CT molecular complexity index is 155. The van der Waals surface area contributed by atoms with Gasteiger partial charge in [-0.3, -0.25) is 0 Å². The molecule has 2 rings (SSSR count). The van der Waals surface area contributed by atoms with E-state index in [9.17, 15) is 0 Å². The Kier molecular flexibility index (Phi) is 3.86. The van der Waals surface area contributed by atoms with Crippen molar-refractivity contribution in [1.29, 1.82) is 0 Å². The van der Waals surface area contributed by atoms with Gasteiger partial charge in [-0.15, -0.1) is 0 Å². The SMILES string of the molecule is C[C@H](NC1CCCCC1)C1CCCC1. The van der Waals surface area contributed by atoms with Crippen LogP contribution in [0.5, 0.6) is 0 Å². The fourth-order valence-electron chi connectivity index (χ4n) is 3.23. The summed E-state index contributed by atoms with van der Waals surface area (Å²) in [4.78, 5) is 0. The van der Waals surface area contributed by atoms with Gasteiger partial charge < -0.3 is 5.32 Å². The van der Waals surface area contributed by atoms with E-state index in [0.717, 1.165) is 18.0 Å². The molecule has 0 unspecified atom stereocenters. The fraction of sp³-hybridized carbons (Fsp3) is 1.00. The standard InChI is InChI=1S/C13H25N/c1-11(12-7-5-6-8-12)14-13-9-3-2-4-10-13/h11-14H,2-10H2,1H3/t11-/m0/s1. The molecule has 1 nitrogen and oxygen atoms in total. The summed E-state index contributed by atoms with van der Waals surface area (Å²) in [5.74, 6) is 0.983. The topological polar surface area (TPSA) is 12.0 Å². The summed E-state index contributed by atoms with van der Waals surface area (Å²) >= 11 is 0. The van der Waals surface area contributed by atoms with E-state index >= 15 is 0 Å². The first-order valence-electron chi connectivity index (χ1n) is 6.62. The van der Waals surface area contributed by atoms with Crippen molar-refractivity contribution >= 4 is 0 Å². The Morgan fingerprint density at radius 3 is 2.07 bits per heavy atom. The highest BCUT2D eigenvalue weighted by molar-refractivity contribution is 4.81. The molecule has 0 spiro atoms. The van der Waals surface area contributed by atoms with Crippen molar-refractivity contribution in [2.24, 2.45) is 5.92 Å². The summed E-state index contributed by atoms with van der Waals surface area (Å²) in [6.07, 6.45) is 13.1. The van der Waals surface area contributed by atoms with Gasteiger partial charge in [0.05, 0.1) is 0 Å². The van der Waals surface area contributed by atoms with Crippen LogP contribution in [0.25, 0.3) is 0 Å². The highest BCUT2D eigenvalue weighted by Gasteiger charge is 2.24. The number of hydrogen-bond acceptors (Lipinski definition) is 1. The lowest BCUT2D eigenvalue weighted by Crippen LogP contribution is -2.41. The second-order valence-corrected chi connectivity index (χ2v) is 5.33. The summed E-state index contributed by atoms with van der Waals surface area (Å²) < 4.78 is 0. The number of hydrogen-bond donors (Lipinski definition) is 1. The summed E-state index contributed by atoms with van der Waals surface area (Å²) in [5, 5.41) is 3.86. The molecule has 14 heavy (non-hydrogen) atoms. The molecule has 1 N–H and O–H groups in total. The maximum absolute atomic E-state index is 3.86. The van der Waals surface area contributed by atoms with Gasteiger partial charge in [-0.1, -0.05) is 32.1 Å². The van der Waals surface area contributed by atoms with Crippen LogP contribution in [0.3, 0.4) is 0 Å². The minimum Gasteiger partial charge on any atom is -0.311 e. The van der Waals surface area contributed by atoms with Crippen LogP contribution < -0.4 is 5.32 Å². The third-order valence-electron chi connectivity index (χ3n) is 4.21. The monoisotopic (exact) mass is 195 g/mol. The summed E-state index contributed by atoms with van der Waals surface area (Å²) in [6, 6.07) is 1.62. The molecule has 2 aliphatic rings. The molecule has 0 bridgehead atoms. The molecule has 0 radical (unpaired) electrons. The quantitative estimate of drug-likeness (QED) is 0.727. The molecule has 0 amide bonds. The maximum Gasteiger partial charge on any atom is 0.00696 e. The molecule has 0 aromatic heterocycles. The Morgan fingerprint density at radius 1 is 0.857 bits per heavy atom. The molecule has 0 aromatic carbocycles. The minimum atomic E-state index is 0.778. The molecular weight excluding hydrogens is 170 g/mol. The molecule has 2 fully saturated rings. The van der Waals surface area contributed by atoms with E-state index in [0.29, 0.717) is 0 Å². The molecule has 1 atom stereocenters. The van der Waals surface area contributed by atoms with Crippen molar-refractivity contribution in [1.82, 2.24) is 5.32 Å². The lowest BCUT2D eigenvalue weighted by molar-refractivity contribution is 0.293. The van der Waals surface area contributed by atoms with Gasteiger partial charge in [0.25, 0.3) is 0 Å². The van der Waals surface area contributed by atoms with Crippen LogP contribution in [-0.4, -0.2) is 12.1 Å². The molecule has 82 valence electrons. The predicted molar refractivity (Wildman–Crippen MR) is 61.4 cm³/mol. The van der Waals surface area contributed by atoms with E-state index in [1.165, 1.54) is 57.8 Å². The maximum atomic E-state index is 3.86. The third-order valence-corrected chi connectivity index (χ3v) is 4.21. The molecule has 0 heterocycles. The predicted octanol–water partition coefficient (Wildman–Crippen LogP) is 3.49. The lowest BCUT2D eigenvalue weighted by atomic mass is 9.92. The second-order valence-electron chi connectivity index (χ2n) is 5.33. The molecular formula is C13H25N. The zero-order valence-electron chi connectivity index (χ0n) is 9.60. The first kappa shape index (κ1) is 10.5. The van der Waals surface area contributed by atoms with Gasteiger partial charge >= 0.3 is 0 Å². The Labute approximate surface area is 88.7 Å². The van der Waals surface area contributed by atoms with Crippen LogP contribution in [0.1, 0.15) is 64.7 Å². The molecule has 2 aliphatic carbocycles. The fourth-order valence-corrected chi connectivity index (χ4v) is 3.23. The van der Waals surface area contributed by atoms with Gasteiger partial charge in [0.2, 0.25) is 0 Å². The highest BCUT2D eigenvalue weighted by Crippen LogP contribution is 2.28. The van der Waals surface area contributed by atoms with Crippen LogP contribution in [-0.2, 0) is 0 Å². The minimum absolute atomic E-state index is 0.778. The summed E-state index contributed by atoms with van der Waals surface area (Å²) in [6.45, 7) is 2.41. The number of rotatable bonds is 3. The first-order valence-corrected chi connectivity index (χ1v) is 6.62. The molecule has 0 saturated heterocycles. The number of nitrogens with one attached hydrogen (secondary N) is 1. The van der Waals surface area contributed by atoms with Crippen LogP contribution in [0.2, 0.25) is 0 Å². The average Bonchev–Trinajstić information content (AvgIpc) is 2.72. The Balaban J connectivity index is 1.72.